The van der Waals surface area contributed by atoms with Gasteiger partial charge in [-0.25, -0.2) is 14.4 Å². The van der Waals surface area contributed by atoms with Gasteiger partial charge in [0.15, 0.2) is 5.82 Å². The SMILES string of the molecule is Nc1ncnc2ccc(N3CCNCC3)c(F)c12. The van der Waals surface area contributed by atoms with Crippen LogP contribution in [0.25, 0.3) is 10.9 Å². The molecule has 0 saturated carbocycles. The van der Waals surface area contributed by atoms with Crippen molar-refractivity contribution in [3.05, 3.63) is 24.3 Å². The topological polar surface area (TPSA) is 67.1 Å². The number of fused-ring (bicyclic) bond motifs is 1. The van der Waals surface area contributed by atoms with Crippen LogP contribution in [0.2, 0.25) is 0 Å². The van der Waals surface area contributed by atoms with Crippen LogP contribution < -0.4 is 16.0 Å². The second kappa shape index (κ2) is 4.38. The maximum Gasteiger partial charge on any atom is 0.159 e. The number of nitrogens with one attached hydrogen (secondary N) is 1. The van der Waals surface area contributed by atoms with Crippen molar-refractivity contribution in [3.63, 3.8) is 0 Å². The number of rotatable bonds is 1. The zero-order chi connectivity index (χ0) is 12.5. The predicted octanol–water partition coefficient (Wildman–Crippen LogP) is 0.761. The van der Waals surface area contributed by atoms with Crippen LogP contribution >= 0.6 is 0 Å². The summed E-state index contributed by atoms with van der Waals surface area (Å²) in [6.45, 7) is 3.29. The van der Waals surface area contributed by atoms with E-state index in [2.05, 4.69) is 15.3 Å². The molecule has 2 aromatic rings. The standard InChI is InChI=1S/C12H14FN5/c13-11-9(18-5-3-15-4-6-18)2-1-8-10(11)12(14)17-7-16-8/h1-2,7,15H,3-6H2,(H2,14,16,17). The Morgan fingerprint density at radius 2 is 2.00 bits per heavy atom. The van der Waals surface area contributed by atoms with Gasteiger partial charge in [0, 0.05) is 26.2 Å². The molecule has 18 heavy (non-hydrogen) atoms. The van der Waals surface area contributed by atoms with E-state index >= 15 is 0 Å². The van der Waals surface area contributed by atoms with Crippen LogP contribution in [0.4, 0.5) is 15.9 Å². The number of piperazine rings is 1. The Balaban J connectivity index is 2.13. The van der Waals surface area contributed by atoms with E-state index in [1.165, 1.54) is 6.33 Å². The molecular weight excluding hydrogens is 233 g/mol. The molecule has 0 unspecified atom stereocenters. The fraction of sp³-hybridized carbons (Fsp3) is 0.333. The fourth-order valence-electron chi connectivity index (χ4n) is 2.27. The van der Waals surface area contributed by atoms with Crippen LogP contribution in [0, 0.1) is 5.82 Å². The third kappa shape index (κ3) is 1.74. The lowest BCUT2D eigenvalue weighted by Crippen LogP contribution is -2.43. The van der Waals surface area contributed by atoms with E-state index in [4.69, 9.17) is 5.73 Å². The van der Waals surface area contributed by atoms with E-state index < -0.39 is 0 Å². The average molecular weight is 247 g/mol. The lowest BCUT2D eigenvalue weighted by Gasteiger charge is -2.29. The summed E-state index contributed by atoms with van der Waals surface area (Å²) in [5, 5.41) is 3.55. The van der Waals surface area contributed by atoms with Crippen LogP contribution in [-0.2, 0) is 0 Å². The third-order valence-corrected chi connectivity index (χ3v) is 3.21. The molecule has 2 heterocycles. The van der Waals surface area contributed by atoms with Gasteiger partial charge in [0.25, 0.3) is 0 Å². The molecule has 1 aromatic heterocycles. The van der Waals surface area contributed by atoms with E-state index in [0.29, 0.717) is 16.6 Å². The van der Waals surface area contributed by atoms with Crippen LogP contribution in [0.3, 0.4) is 0 Å². The number of nitrogens with zero attached hydrogens (tertiary/aromatic N) is 3. The normalized spacial score (nSPS) is 16.2. The molecule has 0 bridgehead atoms. The second-order valence-electron chi connectivity index (χ2n) is 4.29. The van der Waals surface area contributed by atoms with Crippen molar-refractivity contribution in [3.8, 4) is 0 Å². The molecule has 0 spiro atoms. The molecule has 3 N–H and O–H groups in total. The monoisotopic (exact) mass is 247 g/mol. The minimum Gasteiger partial charge on any atom is -0.383 e. The smallest absolute Gasteiger partial charge is 0.159 e. The summed E-state index contributed by atoms with van der Waals surface area (Å²) < 4.78 is 14.5. The Morgan fingerprint density at radius 3 is 2.78 bits per heavy atom. The average Bonchev–Trinajstić information content (AvgIpc) is 2.40. The minimum atomic E-state index is -0.326. The first kappa shape index (κ1) is 11.2. The predicted molar refractivity (Wildman–Crippen MR) is 69.0 cm³/mol. The number of hydrogen-bond donors (Lipinski definition) is 2. The molecule has 1 aliphatic heterocycles. The first-order valence-corrected chi connectivity index (χ1v) is 5.92. The van der Waals surface area contributed by atoms with Crippen molar-refractivity contribution in [2.45, 2.75) is 0 Å². The maximum absolute atomic E-state index is 14.5. The first-order chi connectivity index (χ1) is 8.77. The Hall–Kier alpha value is -1.95. The quantitative estimate of drug-likeness (QED) is 0.778. The van der Waals surface area contributed by atoms with Crippen molar-refractivity contribution in [2.75, 3.05) is 36.8 Å². The Bertz CT molecular complexity index is 580. The van der Waals surface area contributed by atoms with Gasteiger partial charge in [-0.15, -0.1) is 0 Å². The second-order valence-corrected chi connectivity index (χ2v) is 4.29. The zero-order valence-corrected chi connectivity index (χ0v) is 9.86. The minimum absolute atomic E-state index is 0.189. The van der Waals surface area contributed by atoms with Gasteiger partial charge in [-0.2, -0.15) is 0 Å². The van der Waals surface area contributed by atoms with Gasteiger partial charge >= 0.3 is 0 Å². The number of halogens is 1. The summed E-state index contributed by atoms with van der Waals surface area (Å²) in [6.07, 6.45) is 1.35. The van der Waals surface area contributed by atoms with Gasteiger partial charge in [-0.1, -0.05) is 0 Å². The highest BCUT2D eigenvalue weighted by molar-refractivity contribution is 5.91. The number of aromatic nitrogens is 2. The molecule has 0 atom stereocenters. The summed E-state index contributed by atoms with van der Waals surface area (Å²) >= 11 is 0. The van der Waals surface area contributed by atoms with Gasteiger partial charge < -0.3 is 16.0 Å². The molecule has 1 aliphatic rings. The van der Waals surface area contributed by atoms with E-state index in [1.54, 1.807) is 12.1 Å². The van der Waals surface area contributed by atoms with E-state index in [9.17, 15) is 4.39 Å². The van der Waals surface area contributed by atoms with Crippen LogP contribution in [0.15, 0.2) is 18.5 Å². The zero-order valence-electron chi connectivity index (χ0n) is 9.86. The highest BCUT2D eigenvalue weighted by atomic mass is 19.1. The Labute approximate surface area is 104 Å². The lowest BCUT2D eigenvalue weighted by molar-refractivity contribution is 0.570. The van der Waals surface area contributed by atoms with E-state index in [1.807, 2.05) is 4.90 Å². The number of nitrogens with two attached hydrogens (primary N) is 1. The molecular formula is C12H14FN5. The van der Waals surface area contributed by atoms with Crippen molar-refractivity contribution in [2.24, 2.45) is 0 Å². The molecule has 1 fully saturated rings. The first-order valence-electron chi connectivity index (χ1n) is 5.92. The van der Waals surface area contributed by atoms with Crippen molar-refractivity contribution in [1.82, 2.24) is 15.3 Å². The van der Waals surface area contributed by atoms with Crippen molar-refractivity contribution >= 4 is 22.4 Å². The van der Waals surface area contributed by atoms with Gasteiger partial charge in [-0.3, -0.25) is 0 Å². The molecule has 6 heteroatoms. The molecule has 94 valence electrons. The largest absolute Gasteiger partial charge is 0.383 e. The number of nitrogen functional groups attached to an aromatic ring is 1. The van der Waals surface area contributed by atoms with Crippen molar-refractivity contribution < 1.29 is 4.39 Å². The van der Waals surface area contributed by atoms with E-state index in [0.717, 1.165) is 26.2 Å². The summed E-state index contributed by atoms with van der Waals surface area (Å²) in [7, 11) is 0. The van der Waals surface area contributed by atoms with Crippen LogP contribution in [0.1, 0.15) is 0 Å². The summed E-state index contributed by atoms with van der Waals surface area (Å²) in [4.78, 5) is 9.89. The highest BCUT2D eigenvalue weighted by Gasteiger charge is 2.18. The molecule has 5 nitrogen and oxygen atoms in total. The summed E-state index contributed by atoms with van der Waals surface area (Å²) in [6, 6.07) is 3.54. The Kier molecular flexibility index (Phi) is 2.71. The van der Waals surface area contributed by atoms with Gasteiger partial charge in [0.1, 0.15) is 12.1 Å². The lowest BCUT2D eigenvalue weighted by atomic mass is 10.1. The molecule has 1 aromatic carbocycles. The molecule has 1 saturated heterocycles. The Morgan fingerprint density at radius 1 is 1.22 bits per heavy atom. The number of anilines is 2. The molecule has 3 rings (SSSR count). The molecule has 0 radical (unpaired) electrons. The van der Waals surface area contributed by atoms with Gasteiger partial charge in [0.05, 0.1) is 16.6 Å². The van der Waals surface area contributed by atoms with Gasteiger partial charge in [-0.05, 0) is 12.1 Å². The molecule has 0 amide bonds. The van der Waals surface area contributed by atoms with Crippen LogP contribution in [0.5, 0.6) is 0 Å². The molecule has 0 aliphatic carbocycles. The van der Waals surface area contributed by atoms with E-state index in [-0.39, 0.29) is 11.6 Å². The highest BCUT2D eigenvalue weighted by Crippen LogP contribution is 2.29. The summed E-state index contributed by atoms with van der Waals surface area (Å²) in [5.74, 6) is -0.137. The number of hydrogen-bond acceptors (Lipinski definition) is 5. The van der Waals surface area contributed by atoms with Crippen LogP contribution in [-0.4, -0.2) is 36.1 Å². The summed E-state index contributed by atoms with van der Waals surface area (Å²) in [5.41, 5.74) is 6.85. The number of benzene rings is 1. The van der Waals surface area contributed by atoms with Crippen molar-refractivity contribution in [1.29, 1.82) is 0 Å². The van der Waals surface area contributed by atoms with Gasteiger partial charge in [0.2, 0.25) is 0 Å². The fourth-order valence-corrected chi connectivity index (χ4v) is 2.27. The maximum atomic E-state index is 14.5. The third-order valence-electron chi connectivity index (χ3n) is 3.21.